The molecule has 2 rings (SSSR count). The minimum Gasteiger partial charge on any atom is -0.388 e. The van der Waals surface area contributed by atoms with Crippen LogP contribution in [0.25, 0.3) is 0 Å². The van der Waals surface area contributed by atoms with Crippen LogP contribution in [0.3, 0.4) is 0 Å². The summed E-state index contributed by atoms with van der Waals surface area (Å²) in [7, 11) is 0. The molecule has 0 aliphatic rings. The lowest BCUT2D eigenvalue weighted by Gasteiger charge is -2.12. The van der Waals surface area contributed by atoms with Gasteiger partial charge in [-0.05, 0) is 51.9 Å². The lowest BCUT2D eigenvalue weighted by molar-refractivity contribution is 0.178. The lowest BCUT2D eigenvalue weighted by Crippen LogP contribution is -2.03. The van der Waals surface area contributed by atoms with E-state index in [9.17, 15) is 9.50 Å². The summed E-state index contributed by atoms with van der Waals surface area (Å²) < 4.78 is 14.4. The molecular weight excluding hydrogens is 366 g/mol. The SMILES string of the molecule is OC(Cc1cccc(F)c1Cl)c1ccc(I)cc1. The third kappa shape index (κ3) is 3.22. The highest BCUT2D eigenvalue weighted by atomic mass is 127. The molecule has 0 saturated carbocycles. The third-order valence-corrected chi connectivity index (χ3v) is 3.84. The molecule has 0 aliphatic heterocycles. The van der Waals surface area contributed by atoms with E-state index < -0.39 is 11.9 Å². The van der Waals surface area contributed by atoms with Crippen molar-refractivity contribution >= 4 is 34.2 Å². The Hall–Kier alpha value is -0.650. The summed E-state index contributed by atoms with van der Waals surface area (Å²) in [5, 5.41) is 10.2. The van der Waals surface area contributed by atoms with Crippen LogP contribution in [0.2, 0.25) is 5.02 Å². The smallest absolute Gasteiger partial charge is 0.142 e. The molecule has 1 N–H and O–H groups in total. The number of aliphatic hydroxyl groups excluding tert-OH is 1. The molecule has 0 radical (unpaired) electrons. The van der Waals surface area contributed by atoms with E-state index in [1.807, 2.05) is 24.3 Å². The topological polar surface area (TPSA) is 20.2 Å². The van der Waals surface area contributed by atoms with E-state index in [4.69, 9.17) is 11.6 Å². The molecule has 0 fully saturated rings. The highest BCUT2D eigenvalue weighted by Gasteiger charge is 2.12. The van der Waals surface area contributed by atoms with E-state index in [0.29, 0.717) is 12.0 Å². The van der Waals surface area contributed by atoms with Crippen molar-refractivity contribution < 1.29 is 9.50 Å². The van der Waals surface area contributed by atoms with Crippen molar-refractivity contribution in [3.8, 4) is 0 Å². The summed E-state index contributed by atoms with van der Waals surface area (Å²) in [4.78, 5) is 0. The number of hydrogen-bond acceptors (Lipinski definition) is 1. The van der Waals surface area contributed by atoms with Gasteiger partial charge in [0.2, 0.25) is 0 Å². The van der Waals surface area contributed by atoms with Crippen LogP contribution in [0.4, 0.5) is 4.39 Å². The predicted molar refractivity (Wildman–Crippen MR) is 79.2 cm³/mol. The van der Waals surface area contributed by atoms with Crippen LogP contribution in [0, 0.1) is 9.39 Å². The zero-order valence-corrected chi connectivity index (χ0v) is 12.3. The number of rotatable bonds is 3. The van der Waals surface area contributed by atoms with Gasteiger partial charge >= 0.3 is 0 Å². The van der Waals surface area contributed by atoms with E-state index in [1.54, 1.807) is 12.1 Å². The molecule has 0 saturated heterocycles. The molecule has 1 atom stereocenters. The van der Waals surface area contributed by atoms with Gasteiger partial charge in [0.05, 0.1) is 11.1 Å². The standard InChI is InChI=1S/C14H11ClFIO/c15-14-10(2-1-3-12(14)16)8-13(18)9-4-6-11(17)7-5-9/h1-7,13,18H,8H2. The Balaban J connectivity index is 2.18. The van der Waals surface area contributed by atoms with Crippen LogP contribution < -0.4 is 0 Å². The van der Waals surface area contributed by atoms with Gasteiger partial charge in [-0.15, -0.1) is 0 Å². The average molecular weight is 377 g/mol. The normalized spacial score (nSPS) is 12.4. The van der Waals surface area contributed by atoms with Gasteiger partial charge in [-0.1, -0.05) is 35.9 Å². The van der Waals surface area contributed by atoms with E-state index in [1.165, 1.54) is 6.07 Å². The predicted octanol–water partition coefficient (Wildman–Crippen LogP) is 4.36. The molecular formula is C14H11ClFIO. The van der Waals surface area contributed by atoms with Gasteiger partial charge in [0, 0.05) is 9.99 Å². The number of hydrogen-bond donors (Lipinski definition) is 1. The zero-order chi connectivity index (χ0) is 13.1. The van der Waals surface area contributed by atoms with Crippen molar-refractivity contribution in [2.75, 3.05) is 0 Å². The van der Waals surface area contributed by atoms with Crippen molar-refractivity contribution in [1.82, 2.24) is 0 Å². The van der Waals surface area contributed by atoms with Gasteiger partial charge in [0.1, 0.15) is 5.82 Å². The Labute approximate surface area is 124 Å². The monoisotopic (exact) mass is 376 g/mol. The fourth-order valence-corrected chi connectivity index (χ4v) is 2.28. The third-order valence-electron chi connectivity index (χ3n) is 2.70. The first-order valence-corrected chi connectivity index (χ1v) is 6.90. The van der Waals surface area contributed by atoms with Gasteiger partial charge in [0.25, 0.3) is 0 Å². The largest absolute Gasteiger partial charge is 0.388 e. The average Bonchev–Trinajstić information content (AvgIpc) is 2.36. The number of aliphatic hydroxyl groups is 1. The zero-order valence-electron chi connectivity index (χ0n) is 9.41. The van der Waals surface area contributed by atoms with Crippen LogP contribution in [0.1, 0.15) is 17.2 Å². The first-order valence-electron chi connectivity index (χ1n) is 5.44. The first-order chi connectivity index (χ1) is 8.58. The molecule has 0 spiro atoms. The molecule has 2 aromatic carbocycles. The van der Waals surface area contributed by atoms with Crippen molar-refractivity contribution in [1.29, 1.82) is 0 Å². The van der Waals surface area contributed by atoms with Gasteiger partial charge in [-0.25, -0.2) is 4.39 Å². The van der Waals surface area contributed by atoms with E-state index in [2.05, 4.69) is 22.6 Å². The maximum Gasteiger partial charge on any atom is 0.142 e. The van der Waals surface area contributed by atoms with Gasteiger partial charge in [-0.3, -0.25) is 0 Å². The van der Waals surface area contributed by atoms with Crippen molar-refractivity contribution in [2.45, 2.75) is 12.5 Å². The van der Waals surface area contributed by atoms with Crippen LogP contribution in [-0.4, -0.2) is 5.11 Å². The second-order valence-corrected chi connectivity index (χ2v) is 5.61. The summed E-state index contributed by atoms with van der Waals surface area (Å²) >= 11 is 8.06. The first kappa shape index (κ1) is 13.8. The van der Waals surface area contributed by atoms with Crippen LogP contribution >= 0.6 is 34.2 Å². The molecule has 0 aromatic heterocycles. The summed E-state index contributed by atoms with van der Waals surface area (Å²) in [5.74, 6) is -0.455. The van der Waals surface area contributed by atoms with E-state index >= 15 is 0 Å². The van der Waals surface area contributed by atoms with Crippen LogP contribution in [0.15, 0.2) is 42.5 Å². The highest BCUT2D eigenvalue weighted by molar-refractivity contribution is 14.1. The van der Waals surface area contributed by atoms with Crippen LogP contribution in [0.5, 0.6) is 0 Å². The Morgan fingerprint density at radius 2 is 1.83 bits per heavy atom. The van der Waals surface area contributed by atoms with E-state index in [-0.39, 0.29) is 5.02 Å². The van der Waals surface area contributed by atoms with Crippen molar-refractivity contribution in [3.05, 3.63) is 68.0 Å². The maximum atomic E-state index is 13.3. The summed E-state index contributed by atoms with van der Waals surface area (Å²) in [6.45, 7) is 0. The van der Waals surface area contributed by atoms with Crippen LogP contribution in [-0.2, 0) is 6.42 Å². The molecule has 1 nitrogen and oxygen atoms in total. The molecule has 94 valence electrons. The second kappa shape index (κ2) is 5.99. The fraction of sp³-hybridized carbons (Fsp3) is 0.143. The van der Waals surface area contributed by atoms with Gasteiger partial charge in [-0.2, -0.15) is 0 Å². The molecule has 1 unspecified atom stereocenters. The van der Waals surface area contributed by atoms with Crippen molar-refractivity contribution in [2.24, 2.45) is 0 Å². The van der Waals surface area contributed by atoms with Gasteiger partial charge < -0.3 is 5.11 Å². The minimum atomic E-state index is -0.679. The van der Waals surface area contributed by atoms with E-state index in [0.717, 1.165) is 9.13 Å². The minimum absolute atomic E-state index is 0.0852. The lowest BCUT2D eigenvalue weighted by atomic mass is 10.0. The molecule has 4 heteroatoms. The molecule has 18 heavy (non-hydrogen) atoms. The fourth-order valence-electron chi connectivity index (χ4n) is 1.72. The number of benzene rings is 2. The molecule has 0 bridgehead atoms. The molecule has 2 aromatic rings. The maximum absolute atomic E-state index is 13.3. The van der Waals surface area contributed by atoms with Crippen molar-refractivity contribution in [3.63, 3.8) is 0 Å². The van der Waals surface area contributed by atoms with Gasteiger partial charge in [0.15, 0.2) is 0 Å². The Kier molecular flexibility index (Phi) is 4.59. The Bertz CT molecular complexity index is 542. The molecule has 0 amide bonds. The summed E-state index contributed by atoms with van der Waals surface area (Å²) in [6.07, 6.45) is -0.377. The number of halogens is 3. The Morgan fingerprint density at radius 3 is 2.50 bits per heavy atom. The molecule has 0 heterocycles. The molecule has 0 aliphatic carbocycles. The Morgan fingerprint density at radius 1 is 1.17 bits per heavy atom. The quantitative estimate of drug-likeness (QED) is 0.789. The second-order valence-electron chi connectivity index (χ2n) is 3.98. The summed E-state index contributed by atoms with van der Waals surface area (Å²) in [5.41, 5.74) is 1.42. The summed E-state index contributed by atoms with van der Waals surface area (Å²) in [6, 6.07) is 12.2. The highest BCUT2D eigenvalue weighted by Crippen LogP contribution is 2.25.